The number of nitrogens with one attached hydrogen (secondary N) is 3. The SMILES string of the molecule is COc1ccc(NC(=O)N(C)C[C@H]2Oc3ccc(NC(=O)NC(C)C)cc3C(=O)N([C@@H](C)CO)C[C@H]2C)cc1. The summed E-state index contributed by atoms with van der Waals surface area (Å²) < 4.78 is 11.5. The van der Waals surface area contributed by atoms with Crippen LogP contribution in [0.5, 0.6) is 11.5 Å². The van der Waals surface area contributed by atoms with Crippen LogP contribution < -0.4 is 25.4 Å². The summed E-state index contributed by atoms with van der Waals surface area (Å²) in [7, 11) is 3.25. The topological polar surface area (TPSA) is 132 Å². The zero-order valence-corrected chi connectivity index (χ0v) is 23.4. The number of ether oxygens (including phenoxy) is 2. The van der Waals surface area contributed by atoms with Gasteiger partial charge in [0.05, 0.1) is 31.9 Å². The van der Waals surface area contributed by atoms with Crippen molar-refractivity contribution in [2.45, 2.75) is 45.9 Å². The second-order valence-corrected chi connectivity index (χ2v) is 10.1. The van der Waals surface area contributed by atoms with Gasteiger partial charge in [-0.3, -0.25) is 4.79 Å². The third-order valence-electron chi connectivity index (χ3n) is 6.48. The Morgan fingerprint density at radius 2 is 1.79 bits per heavy atom. The molecule has 11 nitrogen and oxygen atoms in total. The highest BCUT2D eigenvalue weighted by Crippen LogP contribution is 2.31. The lowest BCUT2D eigenvalue weighted by Crippen LogP contribution is -2.50. The number of anilines is 2. The van der Waals surface area contributed by atoms with Crippen molar-refractivity contribution in [2.75, 3.05) is 44.5 Å². The van der Waals surface area contributed by atoms with Crippen LogP contribution in [0.1, 0.15) is 38.1 Å². The summed E-state index contributed by atoms with van der Waals surface area (Å²) in [6.45, 7) is 7.76. The highest BCUT2D eigenvalue weighted by atomic mass is 16.5. The minimum Gasteiger partial charge on any atom is -0.497 e. The van der Waals surface area contributed by atoms with Gasteiger partial charge in [-0.05, 0) is 63.2 Å². The van der Waals surface area contributed by atoms with E-state index in [1.807, 2.05) is 20.8 Å². The van der Waals surface area contributed by atoms with Crippen LogP contribution >= 0.6 is 0 Å². The Bertz CT molecular complexity index is 1160. The predicted molar refractivity (Wildman–Crippen MR) is 150 cm³/mol. The van der Waals surface area contributed by atoms with Crippen molar-refractivity contribution < 1.29 is 29.0 Å². The van der Waals surface area contributed by atoms with Gasteiger partial charge < -0.3 is 40.3 Å². The van der Waals surface area contributed by atoms with Crippen LogP contribution in [0.4, 0.5) is 21.0 Å². The van der Waals surface area contributed by atoms with Gasteiger partial charge in [0, 0.05) is 36.9 Å². The van der Waals surface area contributed by atoms with Crippen molar-refractivity contribution in [1.82, 2.24) is 15.1 Å². The van der Waals surface area contributed by atoms with Gasteiger partial charge in [-0.15, -0.1) is 0 Å². The van der Waals surface area contributed by atoms with Gasteiger partial charge in [-0.1, -0.05) is 6.92 Å². The maximum absolute atomic E-state index is 13.6. The smallest absolute Gasteiger partial charge is 0.321 e. The standard InChI is InChI=1S/C28H39N5O6/c1-17(2)29-27(36)30-21-9-12-24-23(13-21)26(35)33(19(4)16-34)14-18(3)25(39-24)15-32(5)28(37)31-20-7-10-22(38-6)11-8-20/h7-13,17-19,25,34H,14-16H2,1-6H3,(H,31,37)(H2,29,30,36)/t18-,19+,25-/m1/s1. The van der Waals surface area contributed by atoms with Gasteiger partial charge in [-0.25, -0.2) is 9.59 Å². The van der Waals surface area contributed by atoms with E-state index in [1.165, 1.54) is 4.90 Å². The van der Waals surface area contributed by atoms with E-state index in [4.69, 9.17) is 9.47 Å². The predicted octanol–water partition coefficient (Wildman–Crippen LogP) is 3.61. The van der Waals surface area contributed by atoms with Crippen molar-refractivity contribution in [3.05, 3.63) is 48.0 Å². The minimum atomic E-state index is -0.458. The number of hydrogen-bond acceptors (Lipinski definition) is 6. The quantitative estimate of drug-likeness (QED) is 0.404. The molecule has 0 saturated heterocycles. The average Bonchev–Trinajstić information content (AvgIpc) is 2.90. The molecule has 0 saturated carbocycles. The van der Waals surface area contributed by atoms with Crippen LogP contribution in [0.25, 0.3) is 0 Å². The fourth-order valence-electron chi connectivity index (χ4n) is 4.19. The highest BCUT2D eigenvalue weighted by Gasteiger charge is 2.34. The molecule has 0 bridgehead atoms. The molecule has 0 spiro atoms. The summed E-state index contributed by atoms with van der Waals surface area (Å²) in [5.74, 6) is 0.551. The number of carbonyl (C=O) groups excluding carboxylic acids is 3. The summed E-state index contributed by atoms with van der Waals surface area (Å²) in [6, 6.07) is 10.7. The number of methoxy groups -OCH3 is 1. The summed E-state index contributed by atoms with van der Waals surface area (Å²) in [6.07, 6.45) is -0.458. The van der Waals surface area contributed by atoms with Crippen LogP contribution in [0.3, 0.4) is 0 Å². The van der Waals surface area contributed by atoms with Crippen molar-refractivity contribution >= 4 is 29.3 Å². The van der Waals surface area contributed by atoms with E-state index < -0.39 is 12.1 Å². The van der Waals surface area contributed by atoms with E-state index in [0.29, 0.717) is 29.4 Å². The van der Waals surface area contributed by atoms with Gasteiger partial charge >= 0.3 is 12.1 Å². The normalized spacial score (nSPS) is 17.7. The van der Waals surface area contributed by atoms with E-state index >= 15 is 0 Å². The number of nitrogens with zero attached hydrogens (tertiary/aromatic N) is 2. The van der Waals surface area contributed by atoms with Crippen molar-refractivity contribution in [3.8, 4) is 11.5 Å². The molecular formula is C28H39N5O6. The fourth-order valence-corrected chi connectivity index (χ4v) is 4.19. The number of aliphatic hydroxyl groups excluding tert-OH is 1. The molecule has 1 heterocycles. The van der Waals surface area contributed by atoms with Crippen molar-refractivity contribution in [2.24, 2.45) is 5.92 Å². The molecule has 4 N–H and O–H groups in total. The number of carbonyl (C=O) groups is 3. The van der Waals surface area contributed by atoms with Crippen LogP contribution in [-0.2, 0) is 0 Å². The van der Waals surface area contributed by atoms with Crippen molar-refractivity contribution in [3.63, 3.8) is 0 Å². The van der Waals surface area contributed by atoms with Gasteiger partial charge in [0.15, 0.2) is 0 Å². The first-order valence-electron chi connectivity index (χ1n) is 13.0. The maximum Gasteiger partial charge on any atom is 0.321 e. The van der Waals surface area contributed by atoms with E-state index in [2.05, 4.69) is 16.0 Å². The zero-order chi connectivity index (χ0) is 28.7. The Hall–Kier alpha value is -3.99. The number of fused-ring (bicyclic) bond motifs is 1. The number of aliphatic hydroxyl groups is 1. The zero-order valence-electron chi connectivity index (χ0n) is 23.4. The maximum atomic E-state index is 13.6. The monoisotopic (exact) mass is 541 g/mol. The molecule has 11 heteroatoms. The lowest BCUT2D eigenvalue weighted by molar-refractivity contribution is 0.0371. The molecular weight excluding hydrogens is 502 g/mol. The summed E-state index contributed by atoms with van der Waals surface area (Å²) in [4.78, 5) is 41.8. The van der Waals surface area contributed by atoms with E-state index in [-0.39, 0.29) is 48.6 Å². The first-order chi connectivity index (χ1) is 18.5. The lowest BCUT2D eigenvalue weighted by atomic mass is 9.99. The molecule has 1 aliphatic heterocycles. The van der Waals surface area contributed by atoms with Crippen LogP contribution in [0, 0.1) is 5.92 Å². The van der Waals surface area contributed by atoms with Crippen molar-refractivity contribution in [1.29, 1.82) is 0 Å². The molecule has 5 amide bonds. The third kappa shape index (κ3) is 7.76. The molecule has 0 radical (unpaired) electrons. The van der Waals surface area contributed by atoms with Crippen LogP contribution in [0.15, 0.2) is 42.5 Å². The van der Waals surface area contributed by atoms with Gasteiger partial charge in [0.2, 0.25) is 0 Å². The highest BCUT2D eigenvalue weighted by molar-refractivity contribution is 5.99. The number of likely N-dealkylation sites (N-methyl/N-ethyl adjacent to an activating group) is 1. The Labute approximate surface area is 229 Å². The molecule has 3 rings (SSSR count). The van der Waals surface area contributed by atoms with E-state index in [9.17, 15) is 19.5 Å². The first-order valence-corrected chi connectivity index (χ1v) is 13.0. The Morgan fingerprint density at radius 1 is 1.13 bits per heavy atom. The molecule has 0 fully saturated rings. The summed E-state index contributed by atoms with van der Waals surface area (Å²) in [5.41, 5.74) is 1.32. The summed E-state index contributed by atoms with van der Waals surface area (Å²) in [5, 5.41) is 18.2. The van der Waals surface area contributed by atoms with Gasteiger partial charge in [0.1, 0.15) is 17.6 Å². The molecule has 0 aromatic heterocycles. The molecule has 212 valence electrons. The van der Waals surface area contributed by atoms with Gasteiger partial charge in [-0.2, -0.15) is 0 Å². The van der Waals surface area contributed by atoms with Gasteiger partial charge in [0.25, 0.3) is 5.91 Å². The molecule has 0 unspecified atom stereocenters. The second kappa shape index (κ2) is 13.2. The Morgan fingerprint density at radius 3 is 2.41 bits per heavy atom. The number of hydrogen-bond donors (Lipinski definition) is 4. The third-order valence-corrected chi connectivity index (χ3v) is 6.48. The first kappa shape index (κ1) is 29.6. The summed E-state index contributed by atoms with van der Waals surface area (Å²) >= 11 is 0. The van der Waals surface area contributed by atoms with Crippen LogP contribution in [0.2, 0.25) is 0 Å². The number of rotatable bonds is 8. The number of benzene rings is 2. The Kier molecular flexibility index (Phi) is 10.00. The van der Waals surface area contributed by atoms with E-state index in [0.717, 1.165) is 0 Å². The Balaban J connectivity index is 1.83. The minimum absolute atomic E-state index is 0.0543. The lowest BCUT2D eigenvalue weighted by Gasteiger charge is -2.38. The second-order valence-electron chi connectivity index (χ2n) is 10.1. The average molecular weight is 542 g/mol. The fraction of sp³-hybridized carbons (Fsp3) is 0.464. The molecule has 1 aliphatic rings. The molecule has 39 heavy (non-hydrogen) atoms. The number of amides is 5. The largest absolute Gasteiger partial charge is 0.497 e. The molecule has 3 atom stereocenters. The molecule has 0 aliphatic carbocycles. The molecule has 2 aromatic rings. The van der Waals surface area contributed by atoms with Crippen LogP contribution in [-0.4, -0.2) is 84.9 Å². The molecule has 2 aromatic carbocycles. The van der Waals surface area contributed by atoms with E-state index in [1.54, 1.807) is 68.4 Å². The number of urea groups is 2.